The van der Waals surface area contributed by atoms with E-state index >= 15 is 0 Å². The molecule has 0 aliphatic carbocycles. The Morgan fingerprint density at radius 3 is 2.55 bits per heavy atom. The van der Waals surface area contributed by atoms with Crippen molar-refractivity contribution in [1.82, 2.24) is 20.4 Å². The van der Waals surface area contributed by atoms with Crippen LogP contribution in [0.5, 0.6) is 0 Å². The number of nitro groups is 1. The van der Waals surface area contributed by atoms with E-state index in [-0.39, 0.29) is 18.1 Å². The quantitative estimate of drug-likeness (QED) is 0.262. The summed E-state index contributed by atoms with van der Waals surface area (Å²) < 4.78 is 18.7. The van der Waals surface area contributed by atoms with E-state index in [0.29, 0.717) is 17.0 Å². The van der Waals surface area contributed by atoms with Crippen LogP contribution < -0.4 is 16.8 Å². The molecule has 0 aliphatic rings. The average Bonchev–Trinajstić information content (AvgIpc) is 3.19. The highest BCUT2D eigenvalue weighted by atomic mass is 19.1. The molecule has 12 heteroatoms. The van der Waals surface area contributed by atoms with Gasteiger partial charge in [0.05, 0.1) is 10.6 Å². The maximum absolute atomic E-state index is 13.9. The van der Waals surface area contributed by atoms with Gasteiger partial charge in [-0.25, -0.2) is 14.4 Å². The summed E-state index contributed by atoms with van der Waals surface area (Å²) in [6, 6.07) is 7.73. The van der Waals surface area contributed by atoms with Crippen LogP contribution in [0.2, 0.25) is 0 Å². The largest absolute Gasteiger partial charge is 0.379 e. The molecule has 2 aromatic heterocycles. The third kappa shape index (κ3) is 4.32. The van der Waals surface area contributed by atoms with Crippen molar-refractivity contribution >= 4 is 28.7 Å². The Kier molecular flexibility index (Phi) is 5.44. The zero-order valence-electron chi connectivity index (χ0n) is 14.8. The Morgan fingerprint density at radius 1 is 1.28 bits per heavy atom. The highest BCUT2D eigenvalue weighted by Crippen LogP contribution is 2.25. The van der Waals surface area contributed by atoms with Crippen LogP contribution >= 0.6 is 0 Å². The molecule has 0 aliphatic heterocycles. The van der Waals surface area contributed by atoms with Gasteiger partial charge in [-0.15, -0.1) is 0 Å². The smallest absolute Gasteiger partial charge is 0.352 e. The maximum atomic E-state index is 13.9. The molecule has 0 unspecified atom stereocenters. The van der Waals surface area contributed by atoms with Crippen LogP contribution in [0.1, 0.15) is 17.1 Å². The first-order valence-corrected chi connectivity index (χ1v) is 8.13. The zero-order chi connectivity index (χ0) is 21.0. The molecule has 3 aromatic rings. The molecule has 6 N–H and O–H groups in total. The third-order valence-electron chi connectivity index (χ3n) is 3.79. The Bertz CT molecular complexity index is 1070. The fraction of sp³-hybridized carbons (Fsp3) is 0.0588. The molecule has 0 amide bonds. The van der Waals surface area contributed by atoms with Crippen LogP contribution in [0.15, 0.2) is 47.2 Å². The van der Waals surface area contributed by atoms with Gasteiger partial charge >= 0.3 is 5.69 Å². The second-order valence-electron chi connectivity index (χ2n) is 5.72. The van der Waals surface area contributed by atoms with Crippen molar-refractivity contribution in [3.63, 3.8) is 0 Å². The van der Waals surface area contributed by atoms with Gasteiger partial charge in [-0.3, -0.25) is 15.5 Å². The number of nitrogen functional groups attached to an aromatic ring is 2. The Morgan fingerprint density at radius 2 is 1.97 bits per heavy atom. The molecular formula is C17H15FN8O3. The predicted molar refractivity (Wildman–Crippen MR) is 102 cm³/mol. The van der Waals surface area contributed by atoms with E-state index in [0.717, 1.165) is 0 Å². The fourth-order valence-corrected chi connectivity index (χ4v) is 2.41. The summed E-state index contributed by atoms with van der Waals surface area (Å²) in [5, 5.41) is 25.9. The highest BCUT2D eigenvalue weighted by molar-refractivity contribution is 6.08. The summed E-state index contributed by atoms with van der Waals surface area (Å²) in [5.41, 5.74) is 11.3. The van der Waals surface area contributed by atoms with Gasteiger partial charge in [0, 0.05) is 18.2 Å². The first kappa shape index (κ1) is 19.4. The van der Waals surface area contributed by atoms with E-state index in [1.165, 1.54) is 24.5 Å². The molecule has 0 radical (unpaired) electrons. The number of hydrogen-bond donors (Lipinski definition) is 4. The molecule has 1 aromatic carbocycles. The van der Waals surface area contributed by atoms with Crippen LogP contribution in [0.25, 0.3) is 5.70 Å². The van der Waals surface area contributed by atoms with Gasteiger partial charge in [0.2, 0.25) is 11.6 Å². The predicted octanol–water partition coefficient (Wildman–Crippen LogP) is 1.88. The van der Waals surface area contributed by atoms with Gasteiger partial charge in [0.15, 0.2) is 5.82 Å². The topological polar surface area (TPSA) is 183 Å². The molecule has 0 saturated heterocycles. The molecule has 0 atom stereocenters. The lowest BCUT2D eigenvalue weighted by Gasteiger charge is -2.10. The molecule has 148 valence electrons. The number of rotatable bonds is 7. The number of aromatic nitrogens is 3. The van der Waals surface area contributed by atoms with Crippen molar-refractivity contribution in [3.05, 3.63) is 75.7 Å². The molecule has 0 spiro atoms. The van der Waals surface area contributed by atoms with Gasteiger partial charge in [-0.2, -0.15) is 0 Å². The molecule has 2 heterocycles. The van der Waals surface area contributed by atoms with E-state index < -0.39 is 28.1 Å². The van der Waals surface area contributed by atoms with Gasteiger partial charge in [-0.1, -0.05) is 23.4 Å². The number of anilines is 2. The van der Waals surface area contributed by atoms with Crippen LogP contribution in [0.4, 0.5) is 21.7 Å². The van der Waals surface area contributed by atoms with Crippen molar-refractivity contribution in [2.45, 2.75) is 6.54 Å². The summed E-state index contributed by atoms with van der Waals surface area (Å²) >= 11 is 0. The normalized spacial score (nSPS) is 11.3. The number of halogens is 1. The minimum absolute atomic E-state index is 0.101. The lowest BCUT2D eigenvalue weighted by molar-refractivity contribution is -0.383. The number of hydrogen-bond acceptors (Lipinski definition) is 10. The minimum atomic E-state index is -0.801. The van der Waals surface area contributed by atoms with Gasteiger partial charge in [0.25, 0.3) is 0 Å². The molecule has 0 bridgehead atoms. The molecule has 0 saturated carbocycles. The first-order chi connectivity index (χ1) is 13.9. The molecule has 11 nitrogen and oxygen atoms in total. The summed E-state index contributed by atoms with van der Waals surface area (Å²) in [6.45, 7) is 0.101. The van der Waals surface area contributed by atoms with Gasteiger partial charge in [-0.05, 0) is 12.1 Å². The summed E-state index contributed by atoms with van der Waals surface area (Å²) in [4.78, 5) is 17.7. The van der Waals surface area contributed by atoms with E-state index in [2.05, 4.69) is 20.4 Å². The van der Waals surface area contributed by atoms with Crippen molar-refractivity contribution in [2.75, 3.05) is 11.5 Å². The highest BCUT2D eigenvalue weighted by Gasteiger charge is 2.22. The standard InChI is InChI=1S/C17H15FN8O3/c18-10-4-2-1-3-9(10)8-22-13(12-5-6-29-25-12)7-11(19)17-23-15(20)14(26(27)28)16(21)24-17/h1-7,19,22H,8H2,(H4,20,21,23,24)/b13-7-,19-11?. The lowest BCUT2D eigenvalue weighted by Crippen LogP contribution is -2.16. The summed E-state index contributed by atoms with van der Waals surface area (Å²) in [6.07, 6.45) is 2.63. The Labute approximate surface area is 162 Å². The summed E-state index contributed by atoms with van der Waals surface area (Å²) in [5.74, 6) is -1.54. The van der Waals surface area contributed by atoms with Crippen molar-refractivity contribution in [2.24, 2.45) is 0 Å². The SMILES string of the molecule is N=C(/C=C(\NCc1ccccc1F)c1ccon1)c1nc(N)c([N+](=O)[O-])c(N)n1. The van der Waals surface area contributed by atoms with E-state index in [4.69, 9.17) is 21.4 Å². The average molecular weight is 398 g/mol. The Hall–Kier alpha value is -4.35. The van der Waals surface area contributed by atoms with E-state index in [1.807, 2.05) is 0 Å². The number of nitrogens with one attached hydrogen (secondary N) is 2. The number of benzene rings is 1. The molecular weight excluding hydrogens is 383 g/mol. The number of nitrogens with zero attached hydrogens (tertiary/aromatic N) is 4. The molecule has 0 fully saturated rings. The third-order valence-corrected chi connectivity index (χ3v) is 3.79. The number of allylic oxidation sites excluding steroid dienone is 1. The van der Waals surface area contributed by atoms with Gasteiger partial charge < -0.3 is 21.3 Å². The van der Waals surface area contributed by atoms with Crippen LogP contribution in [-0.4, -0.2) is 25.8 Å². The van der Waals surface area contributed by atoms with Crippen molar-refractivity contribution < 1.29 is 13.8 Å². The number of nitrogens with two attached hydrogens (primary N) is 2. The lowest BCUT2D eigenvalue weighted by atomic mass is 10.2. The molecule has 29 heavy (non-hydrogen) atoms. The second-order valence-corrected chi connectivity index (χ2v) is 5.72. The van der Waals surface area contributed by atoms with E-state index in [1.54, 1.807) is 18.2 Å². The monoisotopic (exact) mass is 398 g/mol. The van der Waals surface area contributed by atoms with Crippen LogP contribution in [0, 0.1) is 21.3 Å². The Balaban J connectivity index is 1.91. The van der Waals surface area contributed by atoms with E-state index in [9.17, 15) is 14.5 Å². The van der Waals surface area contributed by atoms with Crippen molar-refractivity contribution in [1.29, 1.82) is 5.41 Å². The summed E-state index contributed by atoms with van der Waals surface area (Å²) in [7, 11) is 0. The zero-order valence-corrected chi connectivity index (χ0v) is 14.8. The van der Waals surface area contributed by atoms with Crippen LogP contribution in [0.3, 0.4) is 0 Å². The van der Waals surface area contributed by atoms with Crippen LogP contribution in [-0.2, 0) is 6.54 Å². The molecule has 3 rings (SSSR count). The maximum Gasteiger partial charge on any atom is 0.352 e. The second kappa shape index (κ2) is 8.12. The van der Waals surface area contributed by atoms with Gasteiger partial charge in [0.1, 0.15) is 23.5 Å². The van der Waals surface area contributed by atoms with Crippen molar-refractivity contribution in [3.8, 4) is 0 Å². The minimum Gasteiger partial charge on any atom is -0.379 e. The fourth-order valence-electron chi connectivity index (χ4n) is 2.41. The first-order valence-electron chi connectivity index (χ1n) is 8.13.